The third-order valence-electron chi connectivity index (χ3n) is 1.68. The molecule has 15 heteroatoms. The van der Waals surface area contributed by atoms with Gasteiger partial charge < -0.3 is 9.11 Å². The monoisotopic (exact) mass is 476 g/mol. The van der Waals surface area contributed by atoms with Crippen LogP contribution in [0.2, 0.25) is 0 Å². The van der Waals surface area contributed by atoms with E-state index in [0.29, 0.717) is 0 Å². The number of alkyl halides is 6. The third-order valence-corrected chi connectivity index (χ3v) is 2.81. The fourth-order valence-corrected chi connectivity index (χ4v) is 0.642. The van der Waals surface area contributed by atoms with Gasteiger partial charge in [0.2, 0.25) is 0 Å². The average molecular weight is 476 g/mol. The van der Waals surface area contributed by atoms with Crippen LogP contribution in [0.1, 0.15) is 0 Å². The second-order valence-electron chi connectivity index (χ2n) is 3.72. The minimum atomic E-state index is -6.09. The summed E-state index contributed by atoms with van der Waals surface area (Å²) in [6.45, 7) is 0. The minimum absolute atomic E-state index is 0. The quantitative estimate of drug-likeness (QED) is 0.229. The molecule has 150 valence electrons. The van der Waals surface area contributed by atoms with E-state index >= 15 is 0 Å². The van der Waals surface area contributed by atoms with Crippen LogP contribution in [0.5, 0.6) is 0 Å². The normalized spacial score (nSPS) is 17.2. The van der Waals surface area contributed by atoms with Crippen LogP contribution in [0.15, 0.2) is 0 Å². The molecule has 0 bridgehead atoms. The summed E-state index contributed by atoms with van der Waals surface area (Å²) in [7, 11) is -12.2. The fraction of sp³-hybridized carbons (Fsp3) is 0.167. The van der Waals surface area contributed by atoms with Gasteiger partial charge >= 0.3 is 32.7 Å². The zero-order valence-electron chi connectivity index (χ0n) is 12.8. The maximum atomic E-state index is 10.7. The van der Waals surface area contributed by atoms with E-state index in [1.54, 1.807) is 0 Å². The molecule has 0 unspecified atom stereocenters. The number of rotatable bonds is 0. The Morgan fingerprint density at radius 2 is 0.556 bits per heavy atom. The molecule has 0 aliphatic heterocycles. The van der Waals surface area contributed by atoms with Crippen molar-refractivity contribution in [2.45, 2.75) is 11.0 Å². The summed E-state index contributed by atoms with van der Waals surface area (Å²) in [5.41, 5.74) is -11.3. The summed E-state index contributed by atoms with van der Waals surface area (Å²) in [5, 5.41) is 0. The van der Waals surface area contributed by atoms with Crippen LogP contribution < -0.4 is 0 Å². The largest absolute Gasteiger partial charge is 4.00 e. The number of halogens is 6. The molecule has 2 aliphatic rings. The molecule has 0 aromatic rings. The van der Waals surface area contributed by atoms with Gasteiger partial charge in [0.1, 0.15) is 0 Å². The maximum Gasteiger partial charge on any atom is 4.00 e. The van der Waals surface area contributed by atoms with E-state index in [-0.39, 0.29) is 21.7 Å². The summed E-state index contributed by atoms with van der Waals surface area (Å²) in [5.74, 6) is 0. The first-order chi connectivity index (χ1) is 11.5. The molecule has 2 rings (SSSR count). The molecule has 0 atom stereocenters. The van der Waals surface area contributed by atoms with Gasteiger partial charge in [-0.2, -0.15) is 26.3 Å². The van der Waals surface area contributed by atoms with Crippen molar-refractivity contribution in [1.82, 2.24) is 0 Å². The number of hydrogen-bond donors (Lipinski definition) is 0. The Balaban J connectivity index is -0.000000286. The molecular formula is C12H10F6O6S2Ti+2. The molecule has 0 amide bonds. The van der Waals surface area contributed by atoms with Gasteiger partial charge in [-0.3, -0.25) is 0 Å². The van der Waals surface area contributed by atoms with Crippen LogP contribution in [0, 0.1) is 64.2 Å². The Morgan fingerprint density at radius 1 is 0.481 bits per heavy atom. The molecule has 6 nitrogen and oxygen atoms in total. The molecule has 10 radical (unpaired) electrons. The molecule has 0 aromatic heterocycles. The van der Waals surface area contributed by atoms with Crippen molar-refractivity contribution in [3.8, 4) is 0 Å². The fourth-order valence-electron chi connectivity index (χ4n) is 0.642. The van der Waals surface area contributed by atoms with Crippen LogP contribution in [-0.2, 0) is 42.0 Å². The van der Waals surface area contributed by atoms with Gasteiger partial charge in [0.15, 0.2) is 20.2 Å². The van der Waals surface area contributed by atoms with Crippen LogP contribution in [0.3, 0.4) is 0 Å². The summed E-state index contributed by atoms with van der Waals surface area (Å²) in [6.07, 6.45) is 20.0. The van der Waals surface area contributed by atoms with Gasteiger partial charge in [-0.1, -0.05) is 0 Å². The molecule has 0 spiro atoms. The Bertz CT molecular complexity index is 499. The van der Waals surface area contributed by atoms with Crippen LogP contribution in [0.4, 0.5) is 26.3 Å². The van der Waals surface area contributed by atoms with Crippen LogP contribution in [-0.4, -0.2) is 37.0 Å². The molecule has 0 N–H and O–H groups in total. The molecular weight excluding hydrogens is 466 g/mol. The average Bonchev–Trinajstić information content (AvgIpc) is 3.15. The topological polar surface area (TPSA) is 114 Å². The van der Waals surface area contributed by atoms with E-state index in [4.69, 9.17) is 25.9 Å². The van der Waals surface area contributed by atoms with Gasteiger partial charge in [-0.25, -0.2) is 16.8 Å². The first-order valence-corrected chi connectivity index (χ1v) is 8.69. The van der Waals surface area contributed by atoms with Crippen molar-refractivity contribution in [2.24, 2.45) is 0 Å². The van der Waals surface area contributed by atoms with E-state index in [2.05, 4.69) is 0 Å². The second-order valence-corrected chi connectivity index (χ2v) is 6.47. The maximum absolute atomic E-state index is 10.7. The first kappa shape index (κ1) is 31.8. The van der Waals surface area contributed by atoms with Crippen molar-refractivity contribution in [3.05, 3.63) is 64.2 Å². The van der Waals surface area contributed by atoms with Gasteiger partial charge in [0.05, 0.1) is 0 Å². The van der Waals surface area contributed by atoms with E-state index in [9.17, 15) is 26.3 Å². The standard InChI is InChI=1S/2C5H5.2CHF3O3S.Ti/c2*1-2-4-5-3-1;2*2-1(3,4)8(5,6)7;/h2*1-5H;2*(H,5,6,7);/q;;;;+4/p-2. The van der Waals surface area contributed by atoms with Gasteiger partial charge in [-0.05, 0) is 64.2 Å². The van der Waals surface area contributed by atoms with Crippen molar-refractivity contribution < 1.29 is 74.0 Å². The zero-order chi connectivity index (χ0) is 21.1. The summed E-state index contributed by atoms with van der Waals surface area (Å²) >= 11 is 0. The van der Waals surface area contributed by atoms with Crippen molar-refractivity contribution in [3.63, 3.8) is 0 Å². The molecule has 0 saturated heterocycles. The molecule has 0 heterocycles. The summed E-state index contributed by atoms with van der Waals surface area (Å²) in [6, 6.07) is 0. The van der Waals surface area contributed by atoms with Crippen molar-refractivity contribution in [2.75, 3.05) is 0 Å². The van der Waals surface area contributed by atoms with Crippen molar-refractivity contribution >= 4 is 20.2 Å². The Kier molecular flexibility index (Phi) is 16.7. The summed E-state index contributed by atoms with van der Waals surface area (Å²) < 4.78 is 118. The summed E-state index contributed by atoms with van der Waals surface area (Å²) in [4.78, 5) is 0. The minimum Gasteiger partial charge on any atom is -0.741 e. The van der Waals surface area contributed by atoms with Gasteiger partial charge in [0.25, 0.3) is 0 Å². The van der Waals surface area contributed by atoms with Crippen molar-refractivity contribution in [1.29, 1.82) is 0 Å². The molecule has 27 heavy (non-hydrogen) atoms. The third kappa shape index (κ3) is 19.2. The Labute approximate surface area is 169 Å². The SMILES string of the molecule is O=S(=O)([O-])C(F)(F)F.O=S(=O)([O-])C(F)(F)F.[CH]1[CH][CH][CH][CH]1.[CH]1[CH][CH][CH][CH]1.[Ti+4]. The van der Waals surface area contributed by atoms with E-state index in [0.717, 1.165) is 0 Å². The van der Waals surface area contributed by atoms with E-state index in [1.165, 1.54) is 0 Å². The molecule has 2 aliphatic carbocycles. The van der Waals surface area contributed by atoms with Crippen LogP contribution in [0.25, 0.3) is 0 Å². The Hall–Kier alpha value is 0.114. The van der Waals surface area contributed by atoms with E-state index in [1.807, 2.05) is 64.2 Å². The molecule has 2 fully saturated rings. The van der Waals surface area contributed by atoms with Gasteiger partial charge in [-0.15, -0.1) is 0 Å². The second kappa shape index (κ2) is 14.2. The number of hydrogen-bond acceptors (Lipinski definition) is 6. The molecule has 0 aromatic carbocycles. The zero-order valence-corrected chi connectivity index (χ0v) is 16.0. The smallest absolute Gasteiger partial charge is 0.741 e. The Morgan fingerprint density at radius 3 is 0.593 bits per heavy atom. The van der Waals surface area contributed by atoms with Gasteiger partial charge in [0, 0.05) is 0 Å². The molecule has 2 saturated carbocycles. The predicted molar refractivity (Wildman–Crippen MR) is 74.5 cm³/mol. The van der Waals surface area contributed by atoms with Crippen LogP contribution >= 0.6 is 0 Å². The predicted octanol–water partition coefficient (Wildman–Crippen LogP) is 2.14. The first-order valence-electron chi connectivity index (χ1n) is 5.88. The van der Waals surface area contributed by atoms with E-state index < -0.39 is 31.3 Å².